The van der Waals surface area contributed by atoms with Crippen molar-refractivity contribution in [3.05, 3.63) is 59.2 Å². The summed E-state index contributed by atoms with van der Waals surface area (Å²) < 4.78 is 16.9. The number of methoxy groups -OCH3 is 1. The van der Waals surface area contributed by atoms with Gasteiger partial charge in [0.25, 0.3) is 11.7 Å². The van der Waals surface area contributed by atoms with Crippen LogP contribution in [0.2, 0.25) is 0 Å². The highest BCUT2D eigenvalue weighted by atomic mass is 16.5. The quantitative estimate of drug-likeness (QED) is 0.238. The fourth-order valence-electron chi connectivity index (χ4n) is 4.46. The van der Waals surface area contributed by atoms with E-state index in [1.807, 2.05) is 19.9 Å². The van der Waals surface area contributed by atoms with Crippen LogP contribution in [0.4, 0.5) is 0 Å². The zero-order valence-corrected chi connectivity index (χ0v) is 22.5. The van der Waals surface area contributed by atoms with Gasteiger partial charge in [-0.2, -0.15) is 0 Å². The summed E-state index contributed by atoms with van der Waals surface area (Å²) >= 11 is 0. The summed E-state index contributed by atoms with van der Waals surface area (Å²) in [6, 6.07) is 11.4. The molecule has 1 aliphatic heterocycles. The van der Waals surface area contributed by atoms with E-state index in [0.29, 0.717) is 54.7 Å². The molecule has 1 N–H and O–H groups in total. The second-order valence-corrected chi connectivity index (χ2v) is 8.74. The van der Waals surface area contributed by atoms with Crippen molar-refractivity contribution in [1.29, 1.82) is 0 Å². The Hall–Kier alpha value is -3.52. The van der Waals surface area contributed by atoms with E-state index in [9.17, 15) is 14.7 Å². The lowest BCUT2D eigenvalue weighted by molar-refractivity contribution is -0.140. The van der Waals surface area contributed by atoms with E-state index in [1.54, 1.807) is 48.4 Å². The van der Waals surface area contributed by atoms with Gasteiger partial charge < -0.3 is 29.1 Å². The van der Waals surface area contributed by atoms with Gasteiger partial charge in [0.15, 0.2) is 11.5 Å². The van der Waals surface area contributed by atoms with Gasteiger partial charge in [0.1, 0.15) is 11.5 Å². The maximum atomic E-state index is 13.3. The molecule has 1 atom stereocenters. The molecule has 0 bridgehead atoms. The summed E-state index contributed by atoms with van der Waals surface area (Å²) in [5, 5.41) is 11.3. The van der Waals surface area contributed by atoms with Gasteiger partial charge in [0, 0.05) is 18.7 Å². The summed E-state index contributed by atoms with van der Waals surface area (Å²) in [6.45, 7) is 11.7. The van der Waals surface area contributed by atoms with Gasteiger partial charge in [0.2, 0.25) is 0 Å². The number of benzene rings is 2. The normalized spacial score (nSPS) is 16.9. The van der Waals surface area contributed by atoms with E-state index < -0.39 is 17.7 Å². The van der Waals surface area contributed by atoms with Gasteiger partial charge in [-0.05, 0) is 68.4 Å². The highest BCUT2D eigenvalue weighted by Gasteiger charge is 2.46. The van der Waals surface area contributed by atoms with E-state index in [4.69, 9.17) is 14.2 Å². The number of carbonyl (C=O) groups excluding carboxylic acids is 2. The minimum atomic E-state index is -0.767. The second kappa shape index (κ2) is 13.1. The first-order valence-corrected chi connectivity index (χ1v) is 12.9. The van der Waals surface area contributed by atoms with E-state index in [0.717, 1.165) is 19.5 Å². The molecule has 0 unspecified atom stereocenters. The first kappa shape index (κ1) is 28.1. The molecule has 200 valence electrons. The van der Waals surface area contributed by atoms with Gasteiger partial charge in [0.05, 0.1) is 31.9 Å². The summed E-state index contributed by atoms with van der Waals surface area (Å²) in [5.74, 6) is 0.182. The number of hydrogen-bond donors (Lipinski definition) is 1. The lowest BCUT2D eigenvalue weighted by Gasteiger charge is -2.28. The fraction of sp³-hybridized carbons (Fsp3) is 0.448. The Morgan fingerprint density at radius 1 is 0.973 bits per heavy atom. The molecule has 1 fully saturated rings. The number of nitrogens with zero attached hydrogens (tertiary/aromatic N) is 2. The molecule has 3 rings (SSSR count). The molecular formula is C29H38N2O6. The molecule has 8 nitrogen and oxygen atoms in total. The third-order valence-electron chi connectivity index (χ3n) is 6.50. The molecule has 0 saturated carbocycles. The molecule has 2 aromatic carbocycles. The topological polar surface area (TPSA) is 88.5 Å². The minimum absolute atomic E-state index is 0.0537. The number of carbonyl (C=O) groups is 2. The van der Waals surface area contributed by atoms with Crippen LogP contribution in [-0.4, -0.2) is 73.1 Å². The average molecular weight is 511 g/mol. The van der Waals surface area contributed by atoms with Crippen LogP contribution in [-0.2, 0) is 9.59 Å². The van der Waals surface area contributed by atoms with E-state index >= 15 is 0 Å². The predicted octanol–water partition coefficient (Wildman–Crippen LogP) is 4.65. The number of Topliss-reactive ketones (excluding diaryl/α,β-unsaturated/α-hetero) is 1. The monoisotopic (exact) mass is 510 g/mol. The second-order valence-electron chi connectivity index (χ2n) is 8.74. The number of aliphatic hydroxyl groups is 1. The van der Waals surface area contributed by atoms with Crippen LogP contribution in [0.25, 0.3) is 5.76 Å². The summed E-state index contributed by atoms with van der Waals surface area (Å²) in [7, 11) is 1.55. The van der Waals surface area contributed by atoms with Crippen LogP contribution in [0.5, 0.6) is 17.2 Å². The molecule has 1 aliphatic rings. The molecular weight excluding hydrogens is 472 g/mol. The molecule has 2 aromatic rings. The molecule has 1 saturated heterocycles. The fourth-order valence-corrected chi connectivity index (χ4v) is 4.46. The minimum Gasteiger partial charge on any atom is -0.507 e. The van der Waals surface area contributed by atoms with Crippen LogP contribution >= 0.6 is 0 Å². The number of hydrogen-bond acceptors (Lipinski definition) is 7. The van der Waals surface area contributed by atoms with Crippen molar-refractivity contribution in [2.75, 3.05) is 46.5 Å². The molecule has 0 aliphatic carbocycles. The number of likely N-dealkylation sites (N-methyl/N-ethyl adjacent to an activating group) is 1. The van der Waals surface area contributed by atoms with Gasteiger partial charge in [-0.1, -0.05) is 26.8 Å². The van der Waals surface area contributed by atoms with Gasteiger partial charge in [-0.15, -0.1) is 0 Å². The first-order valence-electron chi connectivity index (χ1n) is 12.9. The summed E-state index contributed by atoms with van der Waals surface area (Å²) in [4.78, 5) is 30.3. The average Bonchev–Trinajstić information content (AvgIpc) is 3.17. The van der Waals surface area contributed by atoms with Crippen LogP contribution < -0.4 is 14.2 Å². The van der Waals surface area contributed by atoms with Crippen LogP contribution in [0, 0.1) is 0 Å². The zero-order chi connectivity index (χ0) is 26.9. The Kier molecular flexibility index (Phi) is 9.97. The van der Waals surface area contributed by atoms with Crippen molar-refractivity contribution in [2.45, 2.75) is 40.2 Å². The maximum Gasteiger partial charge on any atom is 0.295 e. The predicted molar refractivity (Wildman–Crippen MR) is 143 cm³/mol. The van der Waals surface area contributed by atoms with Gasteiger partial charge >= 0.3 is 0 Å². The van der Waals surface area contributed by atoms with Gasteiger partial charge in [-0.3, -0.25) is 9.59 Å². The van der Waals surface area contributed by atoms with E-state index in [1.165, 1.54) is 0 Å². The molecule has 37 heavy (non-hydrogen) atoms. The molecule has 0 aromatic heterocycles. The van der Waals surface area contributed by atoms with Crippen molar-refractivity contribution < 1.29 is 28.9 Å². The number of ketones is 1. The molecule has 0 spiro atoms. The number of rotatable bonds is 13. The highest BCUT2D eigenvalue weighted by Crippen LogP contribution is 2.42. The Bertz CT molecular complexity index is 1110. The van der Waals surface area contributed by atoms with Crippen molar-refractivity contribution in [3.63, 3.8) is 0 Å². The van der Waals surface area contributed by atoms with E-state index in [2.05, 4.69) is 18.7 Å². The number of amides is 1. The largest absolute Gasteiger partial charge is 0.507 e. The van der Waals surface area contributed by atoms with Crippen molar-refractivity contribution >= 4 is 17.4 Å². The Labute approximate surface area is 219 Å². The zero-order valence-electron chi connectivity index (χ0n) is 22.5. The van der Waals surface area contributed by atoms with Crippen molar-refractivity contribution in [1.82, 2.24) is 9.80 Å². The van der Waals surface area contributed by atoms with Crippen LogP contribution in [0.1, 0.15) is 51.3 Å². The lowest BCUT2D eigenvalue weighted by Crippen LogP contribution is -2.38. The summed E-state index contributed by atoms with van der Waals surface area (Å²) in [5.41, 5.74) is 1.15. The van der Waals surface area contributed by atoms with E-state index in [-0.39, 0.29) is 11.3 Å². The standard InChI is InChI=1S/C29H38N2O6/c1-6-18-37-23-15-12-21(19-24(23)35-5)26-25(27(32)20-10-13-22(14-11-20)36-9-4)28(33)29(34)31(26)17-16-30(7-2)8-3/h10-15,19,26,32H,6-9,16-18H2,1-5H3/b27-25+/t26-/m1/s1. The van der Waals surface area contributed by atoms with Crippen LogP contribution in [0.15, 0.2) is 48.0 Å². The Balaban J connectivity index is 2.10. The lowest BCUT2D eigenvalue weighted by atomic mass is 9.95. The highest BCUT2D eigenvalue weighted by molar-refractivity contribution is 6.46. The van der Waals surface area contributed by atoms with Gasteiger partial charge in [-0.25, -0.2) is 0 Å². The Morgan fingerprint density at radius 3 is 2.27 bits per heavy atom. The number of ether oxygens (including phenoxy) is 3. The SMILES string of the molecule is CCCOc1ccc([C@@H]2/C(=C(\O)c3ccc(OCC)cc3)C(=O)C(=O)N2CCN(CC)CC)cc1OC. The smallest absolute Gasteiger partial charge is 0.295 e. The molecule has 1 amide bonds. The molecule has 8 heteroatoms. The number of aliphatic hydroxyl groups excluding tert-OH is 1. The number of likely N-dealkylation sites (tertiary alicyclic amines) is 1. The summed E-state index contributed by atoms with van der Waals surface area (Å²) in [6.07, 6.45) is 0.846. The molecule has 0 radical (unpaired) electrons. The third-order valence-corrected chi connectivity index (χ3v) is 6.50. The molecule has 1 heterocycles. The van der Waals surface area contributed by atoms with Crippen LogP contribution in [0.3, 0.4) is 0 Å². The van der Waals surface area contributed by atoms with Crippen molar-refractivity contribution in [2.24, 2.45) is 0 Å². The third kappa shape index (κ3) is 6.25. The maximum absolute atomic E-state index is 13.3. The van der Waals surface area contributed by atoms with Crippen molar-refractivity contribution in [3.8, 4) is 17.2 Å². The first-order chi connectivity index (χ1) is 17.9. The Morgan fingerprint density at radius 2 is 1.68 bits per heavy atom.